The van der Waals surface area contributed by atoms with Crippen LogP contribution in [0.5, 0.6) is 0 Å². The SMILES string of the molecule is [CH2]C(C)C(CC)CC(C)CCC. The van der Waals surface area contributed by atoms with Crippen LogP contribution >= 0.6 is 0 Å². The molecule has 0 heterocycles. The van der Waals surface area contributed by atoms with E-state index in [4.69, 9.17) is 0 Å². The zero-order valence-electron chi connectivity index (χ0n) is 9.27. The highest BCUT2D eigenvalue weighted by Gasteiger charge is 2.14. The van der Waals surface area contributed by atoms with Gasteiger partial charge in [-0.1, -0.05) is 53.9 Å². The first kappa shape index (κ1) is 12.0. The molecule has 0 rings (SSSR count). The van der Waals surface area contributed by atoms with Crippen LogP contribution < -0.4 is 0 Å². The van der Waals surface area contributed by atoms with Crippen LogP contribution in [0.1, 0.15) is 53.4 Å². The molecule has 0 spiro atoms. The van der Waals surface area contributed by atoms with Gasteiger partial charge < -0.3 is 0 Å². The molecule has 0 N–H and O–H groups in total. The van der Waals surface area contributed by atoms with E-state index < -0.39 is 0 Å². The van der Waals surface area contributed by atoms with Crippen LogP contribution in [0.25, 0.3) is 0 Å². The highest BCUT2D eigenvalue weighted by molar-refractivity contribution is 4.69. The topological polar surface area (TPSA) is 0 Å². The van der Waals surface area contributed by atoms with Crippen molar-refractivity contribution in [2.45, 2.75) is 53.4 Å². The lowest BCUT2D eigenvalue weighted by Gasteiger charge is -2.22. The van der Waals surface area contributed by atoms with Crippen LogP contribution in [0.3, 0.4) is 0 Å². The summed E-state index contributed by atoms with van der Waals surface area (Å²) in [6, 6.07) is 0. The molecule has 0 aliphatic heterocycles. The van der Waals surface area contributed by atoms with Crippen molar-refractivity contribution < 1.29 is 0 Å². The fourth-order valence-corrected chi connectivity index (χ4v) is 1.93. The predicted molar refractivity (Wildman–Crippen MR) is 57.0 cm³/mol. The van der Waals surface area contributed by atoms with E-state index in [9.17, 15) is 0 Å². The summed E-state index contributed by atoms with van der Waals surface area (Å²) in [6.45, 7) is 13.3. The summed E-state index contributed by atoms with van der Waals surface area (Å²) >= 11 is 0. The Bertz CT molecular complexity index is 94.2. The number of hydrogen-bond donors (Lipinski definition) is 0. The van der Waals surface area contributed by atoms with Crippen molar-refractivity contribution >= 4 is 0 Å². The normalized spacial score (nSPS) is 16.5. The fourth-order valence-electron chi connectivity index (χ4n) is 1.93. The molecule has 0 nitrogen and oxygen atoms in total. The van der Waals surface area contributed by atoms with Gasteiger partial charge in [-0.2, -0.15) is 0 Å². The Morgan fingerprint density at radius 1 is 1.17 bits per heavy atom. The smallest absolute Gasteiger partial charge is 0.0389 e. The molecule has 0 saturated heterocycles. The van der Waals surface area contributed by atoms with Gasteiger partial charge in [0.15, 0.2) is 0 Å². The Balaban J connectivity index is 3.69. The molecule has 0 aromatic rings. The van der Waals surface area contributed by atoms with Gasteiger partial charge >= 0.3 is 0 Å². The summed E-state index contributed by atoms with van der Waals surface area (Å²) < 4.78 is 0. The average molecular weight is 169 g/mol. The molecule has 73 valence electrons. The zero-order valence-corrected chi connectivity index (χ0v) is 9.27. The highest BCUT2D eigenvalue weighted by atomic mass is 14.2. The molecule has 1 radical (unpaired) electrons. The van der Waals surface area contributed by atoms with Gasteiger partial charge in [0.1, 0.15) is 0 Å². The lowest BCUT2D eigenvalue weighted by Crippen LogP contribution is -2.11. The van der Waals surface area contributed by atoms with Gasteiger partial charge in [-0.3, -0.25) is 0 Å². The van der Waals surface area contributed by atoms with E-state index in [1.165, 1.54) is 25.7 Å². The molecule has 12 heavy (non-hydrogen) atoms. The molecule has 3 unspecified atom stereocenters. The van der Waals surface area contributed by atoms with E-state index in [1.807, 2.05) is 0 Å². The number of rotatable bonds is 6. The van der Waals surface area contributed by atoms with Crippen LogP contribution in [-0.4, -0.2) is 0 Å². The van der Waals surface area contributed by atoms with Crippen molar-refractivity contribution in [1.82, 2.24) is 0 Å². The van der Waals surface area contributed by atoms with Crippen molar-refractivity contribution in [2.75, 3.05) is 0 Å². The Kier molecular flexibility index (Phi) is 6.51. The molecule has 0 saturated carbocycles. The maximum Gasteiger partial charge on any atom is -0.0389 e. The predicted octanol–water partition coefficient (Wildman–Crippen LogP) is 4.31. The fraction of sp³-hybridized carbons (Fsp3) is 0.917. The minimum atomic E-state index is 0.620. The van der Waals surface area contributed by atoms with E-state index in [1.54, 1.807) is 0 Å². The van der Waals surface area contributed by atoms with E-state index in [-0.39, 0.29) is 0 Å². The first-order valence-electron chi connectivity index (χ1n) is 5.44. The molecule has 0 aliphatic carbocycles. The summed E-state index contributed by atoms with van der Waals surface area (Å²) in [5, 5.41) is 0. The molecule has 0 fully saturated rings. The molecule has 3 atom stereocenters. The summed E-state index contributed by atoms with van der Waals surface area (Å²) in [5.74, 6) is 2.35. The van der Waals surface area contributed by atoms with Gasteiger partial charge in [0.25, 0.3) is 0 Å². The highest BCUT2D eigenvalue weighted by Crippen LogP contribution is 2.25. The second-order valence-electron chi connectivity index (χ2n) is 4.28. The summed E-state index contributed by atoms with van der Waals surface area (Å²) in [7, 11) is 0. The number of hydrogen-bond acceptors (Lipinski definition) is 0. The van der Waals surface area contributed by atoms with Gasteiger partial charge in [-0.25, -0.2) is 0 Å². The van der Waals surface area contributed by atoms with Gasteiger partial charge in [0.05, 0.1) is 0 Å². The third-order valence-corrected chi connectivity index (χ3v) is 2.82. The largest absolute Gasteiger partial charge is 0.0654 e. The van der Waals surface area contributed by atoms with Crippen LogP contribution in [0.15, 0.2) is 0 Å². The minimum absolute atomic E-state index is 0.620. The molecule has 0 aromatic carbocycles. The minimum Gasteiger partial charge on any atom is -0.0654 e. The van der Waals surface area contributed by atoms with Gasteiger partial charge in [0.2, 0.25) is 0 Å². The standard InChI is InChI=1S/C12H25/c1-6-8-11(5)9-12(7-2)10(3)4/h10-12H,3,6-9H2,1-2,4-5H3. The zero-order chi connectivity index (χ0) is 9.56. The first-order chi connectivity index (χ1) is 5.61. The second kappa shape index (κ2) is 6.51. The Hall–Kier alpha value is 0. The quantitative estimate of drug-likeness (QED) is 0.556. The average Bonchev–Trinajstić information content (AvgIpc) is 2.00. The van der Waals surface area contributed by atoms with Gasteiger partial charge in [-0.15, -0.1) is 0 Å². The van der Waals surface area contributed by atoms with E-state index >= 15 is 0 Å². The Morgan fingerprint density at radius 2 is 1.75 bits per heavy atom. The summed E-state index contributed by atoms with van der Waals surface area (Å²) in [5.41, 5.74) is 0. The molecule has 0 aliphatic rings. The van der Waals surface area contributed by atoms with E-state index in [0.29, 0.717) is 5.92 Å². The van der Waals surface area contributed by atoms with Crippen LogP contribution in [-0.2, 0) is 0 Å². The molecule has 0 amide bonds. The lowest BCUT2D eigenvalue weighted by atomic mass is 9.84. The Labute approximate surface area is 78.8 Å². The summed E-state index contributed by atoms with van der Waals surface area (Å²) in [6.07, 6.45) is 5.36. The first-order valence-corrected chi connectivity index (χ1v) is 5.44. The molecule has 0 heteroatoms. The third kappa shape index (κ3) is 4.79. The molecular formula is C12H25. The van der Waals surface area contributed by atoms with E-state index in [2.05, 4.69) is 34.6 Å². The molecular weight excluding hydrogens is 144 g/mol. The molecule has 0 aromatic heterocycles. The van der Waals surface area contributed by atoms with Crippen LogP contribution in [0.4, 0.5) is 0 Å². The van der Waals surface area contributed by atoms with Crippen LogP contribution in [0.2, 0.25) is 0 Å². The van der Waals surface area contributed by atoms with Gasteiger partial charge in [-0.05, 0) is 24.2 Å². The third-order valence-electron chi connectivity index (χ3n) is 2.82. The summed E-state index contributed by atoms with van der Waals surface area (Å²) in [4.78, 5) is 0. The maximum atomic E-state index is 4.12. The van der Waals surface area contributed by atoms with Crippen molar-refractivity contribution in [2.24, 2.45) is 17.8 Å². The van der Waals surface area contributed by atoms with Gasteiger partial charge in [0, 0.05) is 0 Å². The van der Waals surface area contributed by atoms with Crippen molar-refractivity contribution in [1.29, 1.82) is 0 Å². The Morgan fingerprint density at radius 3 is 2.08 bits per heavy atom. The maximum absolute atomic E-state index is 4.12. The van der Waals surface area contributed by atoms with Crippen molar-refractivity contribution in [3.8, 4) is 0 Å². The van der Waals surface area contributed by atoms with E-state index in [0.717, 1.165) is 11.8 Å². The van der Waals surface area contributed by atoms with Crippen LogP contribution in [0, 0.1) is 24.7 Å². The van der Waals surface area contributed by atoms with Crippen molar-refractivity contribution in [3.63, 3.8) is 0 Å². The molecule has 0 bridgehead atoms. The lowest BCUT2D eigenvalue weighted by molar-refractivity contribution is 0.308. The monoisotopic (exact) mass is 169 g/mol. The van der Waals surface area contributed by atoms with Crippen molar-refractivity contribution in [3.05, 3.63) is 6.92 Å². The second-order valence-corrected chi connectivity index (χ2v) is 4.28.